The topological polar surface area (TPSA) is 67.3 Å². The Bertz CT molecular complexity index is 517. The first-order valence-electron chi connectivity index (χ1n) is 7.18. The lowest BCUT2D eigenvalue weighted by Gasteiger charge is -2.32. The van der Waals surface area contributed by atoms with Crippen LogP contribution in [0.3, 0.4) is 0 Å². The molecule has 1 aliphatic heterocycles. The second kappa shape index (κ2) is 6.19. The van der Waals surface area contributed by atoms with Crippen LogP contribution in [0.4, 0.5) is 0 Å². The maximum atomic E-state index is 5.26. The highest BCUT2D eigenvalue weighted by atomic mass is 16.5. The number of hydrogen-bond donors (Lipinski definition) is 1. The Kier molecular flexibility index (Phi) is 4.13. The average Bonchev–Trinajstić information content (AvgIpc) is 3.16. The van der Waals surface area contributed by atoms with E-state index in [0.29, 0.717) is 17.7 Å². The van der Waals surface area contributed by atoms with Gasteiger partial charge in [0.15, 0.2) is 11.6 Å². The van der Waals surface area contributed by atoms with E-state index in [1.165, 1.54) is 12.8 Å². The van der Waals surface area contributed by atoms with E-state index < -0.39 is 0 Å². The highest BCUT2D eigenvalue weighted by Crippen LogP contribution is 2.19. The van der Waals surface area contributed by atoms with E-state index in [1.54, 1.807) is 6.26 Å². The number of nitrogens with zero attached hydrogens (tertiary/aromatic N) is 3. The molecule has 6 nitrogen and oxygen atoms in total. The van der Waals surface area contributed by atoms with Gasteiger partial charge in [0.2, 0.25) is 0 Å². The van der Waals surface area contributed by atoms with Gasteiger partial charge in [-0.1, -0.05) is 12.1 Å². The molecule has 0 amide bonds. The molecule has 1 N–H and O–H groups in total. The van der Waals surface area contributed by atoms with Gasteiger partial charge in [0.05, 0.1) is 12.8 Å². The van der Waals surface area contributed by atoms with Crippen LogP contribution >= 0.6 is 0 Å². The van der Waals surface area contributed by atoms with E-state index in [4.69, 9.17) is 8.94 Å². The molecule has 2 aromatic heterocycles. The van der Waals surface area contributed by atoms with Crippen molar-refractivity contribution in [3.05, 3.63) is 24.2 Å². The van der Waals surface area contributed by atoms with Crippen molar-refractivity contribution in [2.24, 2.45) is 0 Å². The molecule has 1 aliphatic rings. The predicted molar refractivity (Wildman–Crippen MR) is 74.0 cm³/mol. The monoisotopic (exact) mass is 276 g/mol. The molecular weight excluding hydrogens is 256 g/mol. The fourth-order valence-electron chi connectivity index (χ4n) is 2.67. The summed E-state index contributed by atoms with van der Waals surface area (Å²) in [6.45, 7) is 6.08. The van der Waals surface area contributed by atoms with Gasteiger partial charge in [-0.2, -0.15) is 4.98 Å². The van der Waals surface area contributed by atoms with Gasteiger partial charge in [0, 0.05) is 6.04 Å². The average molecular weight is 276 g/mol. The van der Waals surface area contributed by atoms with Crippen LogP contribution < -0.4 is 5.32 Å². The Labute approximate surface area is 118 Å². The Morgan fingerprint density at radius 2 is 2.25 bits per heavy atom. The predicted octanol–water partition coefficient (Wildman–Crippen LogP) is 1.90. The first kappa shape index (κ1) is 13.3. The van der Waals surface area contributed by atoms with Crippen molar-refractivity contribution in [1.29, 1.82) is 0 Å². The molecule has 0 aromatic carbocycles. The molecule has 0 radical (unpaired) electrons. The van der Waals surface area contributed by atoms with Crippen molar-refractivity contribution in [3.63, 3.8) is 0 Å². The largest absolute Gasteiger partial charge is 0.459 e. The van der Waals surface area contributed by atoms with E-state index in [2.05, 4.69) is 27.3 Å². The molecule has 0 bridgehead atoms. The van der Waals surface area contributed by atoms with Crippen LogP contribution in [0.5, 0.6) is 0 Å². The van der Waals surface area contributed by atoms with Gasteiger partial charge in [0.25, 0.3) is 5.89 Å². The number of rotatable bonds is 5. The van der Waals surface area contributed by atoms with Gasteiger partial charge in [-0.25, -0.2) is 0 Å². The fourth-order valence-corrected chi connectivity index (χ4v) is 2.67. The third-order valence-electron chi connectivity index (χ3n) is 3.78. The zero-order chi connectivity index (χ0) is 13.8. The molecule has 2 aromatic rings. The molecule has 0 atom stereocenters. The van der Waals surface area contributed by atoms with Crippen LogP contribution in [-0.4, -0.2) is 40.7 Å². The first-order chi connectivity index (χ1) is 9.86. The van der Waals surface area contributed by atoms with Crippen molar-refractivity contribution in [1.82, 2.24) is 20.4 Å². The molecule has 6 heteroatoms. The summed E-state index contributed by atoms with van der Waals surface area (Å²) < 4.78 is 10.5. The van der Waals surface area contributed by atoms with Crippen molar-refractivity contribution >= 4 is 0 Å². The van der Waals surface area contributed by atoms with Crippen LogP contribution in [0.15, 0.2) is 27.3 Å². The lowest BCUT2D eigenvalue weighted by Crippen LogP contribution is -2.42. The molecule has 1 fully saturated rings. The van der Waals surface area contributed by atoms with Crippen molar-refractivity contribution in [2.45, 2.75) is 32.4 Å². The highest BCUT2D eigenvalue weighted by molar-refractivity contribution is 5.42. The van der Waals surface area contributed by atoms with Gasteiger partial charge in [0.1, 0.15) is 0 Å². The normalized spacial score (nSPS) is 16.9. The zero-order valence-corrected chi connectivity index (χ0v) is 11.7. The lowest BCUT2D eigenvalue weighted by atomic mass is 10.0. The second-order valence-electron chi connectivity index (χ2n) is 5.04. The van der Waals surface area contributed by atoms with E-state index in [0.717, 1.165) is 32.0 Å². The molecular formula is C14H20N4O2. The van der Waals surface area contributed by atoms with Crippen LogP contribution in [0.1, 0.15) is 25.6 Å². The molecule has 20 heavy (non-hydrogen) atoms. The maximum absolute atomic E-state index is 5.26. The quantitative estimate of drug-likeness (QED) is 0.899. The van der Waals surface area contributed by atoms with Gasteiger partial charge in [-0.15, -0.1) is 0 Å². The Balaban J connectivity index is 1.66. The number of hydrogen-bond acceptors (Lipinski definition) is 6. The highest BCUT2D eigenvalue weighted by Gasteiger charge is 2.22. The van der Waals surface area contributed by atoms with Crippen LogP contribution in [0.2, 0.25) is 0 Å². The molecule has 0 unspecified atom stereocenters. The minimum atomic E-state index is 0.450. The molecule has 0 saturated carbocycles. The number of furan rings is 1. The minimum Gasteiger partial charge on any atom is -0.459 e. The lowest BCUT2D eigenvalue weighted by molar-refractivity contribution is 0.157. The summed E-state index contributed by atoms with van der Waals surface area (Å²) in [6, 6.07) is 4.24. The van der Waals surface area contributed by atoms with Gasteiger partial charge in [-0.05, 0) is 44.6 Å². The number of piperidine rings is 1. The van der Waals surface area contributed by atoms with E-state index in [-0.39, 0.29) is 0 Å². The van der Waals surface area contributed by atoms with Crippen molar-refractivity contribution in [3.8, 4) is 11.7 Å². The summed E-state index contributed by atoms with van der Waals surface area (Å²) >= 11 is 0. The molecule has 0 aliphatic carbocycles. The Hall–Kier alpha value is -1.66. The standard InChI is InChI=1S/C14H20N4O2/c1-2-18(11-5-7-15-8-6-11)10-13-16-14(20-17-13)12-4-3-9-19-12/h3-4,9,11,15H,2,5-8,10H2,1H3. The maximum Gasteiger partial charge on any atom is 0.293 e. The molecule has 3 rings (SSSR count). The van der Waals surface area contributed by atoms with E-state index in [1.807, 2.05) is 12.1 Å². The summed E-state index contributed by atoms with van der Waals surface area (Å²) in [5, 5.41) is 7.44. The third-order valence-corrected chi connectivity index (χ3v) is 3.78. The summed E-state index contributed by atoms with van der Waals surface area (Å²) in [4.78, 5) is 6.82. The summed E-state index contributed by atoms with van der Waals surface area (Å²) in [5.74, 6) is 1.79. The summed E-state index contributed by atoms with van der Waals surface area (Å²) in [5.41, 5.74) is 0. The number of aromatic nitrogens is 2. The van der Waals surface area contributed by atoms with Crippen LogP contribution in [0, 0.1) is 0 Å². The summed E-state index contributed by atoms with van der Waals surface area (Å²) in [7, 11) is 0. The molecule has 1 saturated heterocycles. The fraction of sp³-hybridized carbons (Fsp3) is 0.571. The van der Waals surface area contributed by atoms with Gasteiger partial charge < -0.3 is 14.3 Å². The third kappa shape index (κ3) is 2.91. The number of nitrogens with one attached hydrogen (secondary N) is 1. The Morgan fingerprint density at radius 3 is 2.95 bits per heavy atom. The second-order valence-corrected chi connectivity index (χ2v) is 5.04. The van der Waals surface area contributed by atoms with Crippen molar-refractivity contribution < 1.29 is 8.94 Å². The van der Waals surface area contributed by atoms with E-state index >= 15 is 0 Å². The Morgan fingerprint density at radius 1 is 1.40 bits per heavy atom. The first-order valence-corrected chi connectivity index (χ1v) is 7.18. The van der Waals surface area contributed by atoms with Crippen LogP contribution in [-0.2, 0) is 6.54 Å². The smallest absolute Gasteiger partial charge is 0.293 e. The molecule has 0 spiro atoms. The molecule has 3 heterocycles. The summed E-state index contributed by atoms with van der Waals surface area (Å²) in [6.07, 6.45) is 3.96. The van der Waals surface area contributed by atoms with E-state index in [9.17, 15) is 0 Å². The van der Waals surface area contributed by atoms with Gasteiger partial charge >= 0.3 is 0 Å². The van der Waals surface area contributed by atoms with Crippen LogP contribution in [0.25, 0.3) is 11.7 Å². The molecule has 108 valence electrons. The van der Waals surface area contributed by atoms with Crippen molar-refractivity contribution in [2.75, 3.05) is 19.6 Å². The SMILES string of the molecule is CCN(Cc1noc(-c2ccco2)n1)C1CCNCC1. The zero-order valence-electron chi connectivity index (χ0n) is 11.7. The minimum absolute atomic E-state index is 0.450. The van der Waals surface area contributed by atoms with Gasteiger partial charge in [-0.3, -0.25) is 4.90 Å².